The van der Waals surface area contributed by atoms with Gasteiger partial charge in [0.15, 0.2) is 5.65 Å². The average molecular weight is 545 g/mol. The molecular weight excluding hydrogens is 520 g/mol. The smallest absolute Gasteiger partial charge is 0.262 e. The summed E-state index contributed by atoms with van der Waals surface area (Å²) in [6, 6.07) is 11.7. The number of anilines is 2. The molecule has 1 saturated heterocycles. The van der Waals surface area contributed by atoms with Crippen molar-refractivity contribution in [2.24, 2.45) is 0 Å². The molecule has 0 atom stereocenters. The Morgan fingerprint density at radius 3 is 2.36 bits per heavy atom. The van der Waals surface area contributed by atoms with Crippen molar-refractivity contribution in [3.05, 3.63) is 67.3 Å². The number of pyridine rings is 2. The summed E-state index contributed by atoms with van der Waals surface area (Å²) in [5.74, 6) is 0.799. The molecule has 1 aromatic carbocycles. The molecule has 1 aliphatic rings. The highest BCUT2D eigenvalue weighted by atomic mass is 32.2. The number of benzene rings is 1. The van der Waals surface area contributed by atoms with E-state index in [0.29, 0.717) is 35.9 Å². The summed E-state index contributed by atoms with van der Waals surface area (Å²) < 4.78 is 39.2. The summed E-state index contributed by atoms with van der Waals surface area (Å²) in [7, 11) is -2.42. The first-order valence-electron chi connectivity index (χ1n) is 12.1. The van der Waals surface area contributed by atoms with E-state index in [9.17, 15) is 8.42 Å². The van der Waals surface area contributed by atoms with Crippen molar-refractivity contribution >= 4 is 32.7 Å². The van der Waals surface area contributed by atoms with Crippen molar-refractivity contribution in [2.75, 3.05) is 43.0 Å². The molecule has 5 heterocycles. The maximum Gasteiger partial charge on any atom is 0.262 e. The van der Waals surface area contributed by atoms with Gasteiger partial charge < -0.3 is 14.4 Å². The second kappa shape index (κ2) is 10.3. The first kappa shape index (κ1) is 24.7. The first-order valence-corrected chi connectivity index (χ1v) is 13.6. The van der Waals surface area contributed by atoms with Crippen LogP contribution in [0.1, 0.15) is 0 Å². The highest BCUT2D eigenvalue weighted by molar-refractivity contribution is 7.92. The monoisotopic (exact) mass is 544 g/mol. The molecule has 0 radical (unpaired) electrons. The van der Waals surface area contributed by atoms with E-state index in [1.165, 1.54) is 19.2 Å². The Labute approximate surface area is 224 Å². The van der Waals surface area contributed by atoms with Crippen LogP contribution >= 0.6 is 0 Å². The third kappa shape index (κ3) is 4.96. The predicted molar refractivity (Wildman–Crippen MR) is 145 cm³/mol. The van der Waals surface area contributed by atoms with Gasteiger partial charge in [-0.05, 0) is 24.3 Å². The molecular formula is C26H24N8O4S. The van der Waals surface area contributed by atoms with Gasteiger partial charge >= 0.3 is 0 Å². The van der Waals surface area contributed by atoms with Crippen molar-refractivity contribution in [1.29, 1.82) is 0 Å². The van der Waals surface area contributed by atoms with E-state index in [0.717, 1.165) is 29.7 Å². The van der Waals surface area contributed by atoms with Crippen LogP contribution < -0.4 is 14.4 Å². The molecule has 6 rings (SSSR count). The van der Waals surface area contributed by atoms with Crippen LogP contribution in [0.25, 0.3) is 33.4 Å². The number of methoxy groups -OCH3 is 1. The highest BCUT2D eigenvalue weighted by Crippen LogP contribution is 2.33. The minimum absolute atomic E-state index is 0.130. The van der Waals surface area contributed by atoms with Gasteiger partial charge in [0, 0.05) is 60.0 Å². The molecule has 198 valence electrons. The maximum atomic E-state index is 12.9. The molecule has 4 aromatic heterocycles. The summed E-state index contributed by atoms with van der Waals surface area (Å²) in [6.07, 6.45) is 6.76. The van der Waals surface area contributed by atoms with Crippen molar-refractivity contribution in [3.8, 4) is 28.3 Å². The second-order valence-corrected chi connectivity index (χ2v) is 10.4. The number of morpholine rings is 1. The van der Waals surface area contributed by atoms with Crippen molar-refractivity contribution in [2.45, 2.75) is 4.90 Å². The molecule has 0 aliphatic carbocycles. The summed E-state index contributed by atoms with van der Waals surface area (Å²) in [5, 5.41) is 8.12. The summed E-state index contributed by atoms with van der Waals surface area (Å²) in [4.78, 5) is 20.1. The lowest BCUT2D eigenvalue weighted by Crippen LogP contribution is -2.37. The molecule has 5 aromatic rings. The molecule has 0 saturated carbocycles. The van der Waals surface area contributed by atoms with E-state index >= 15 is 0 Å². The minimum Gasteiger partial charge on any atom is -0.480 e. The van der Waals surface area contributed by atoms with Crippen LogP contribution in [0, 0.1) is 0 Å². The highest BCUT2D eigenvalue weighted by Gasteiger charge is 2.19. The van der Waals surface area contributed by atoms with E-state index in [1.54, 1.807) is 49.1 Å². The Kier molecular flexibility index (Phi) is 6.50. The van der Waals surface area contributed by atoms with Gasteiger partial charge in [-0.3, -0.25) is 9.82 Å². The molecule has 2 N–H and O–H groups in total. The quantitative estimate of drug-likeness (QED) is 0.313. The van der Waals surface area contributed by atoms with Gasteiger partial charge in [0.2, 0.25) is 11.8 Å². The molecule has 1 aliphatic heterocycles. The fourth-order valence-electron chi connectivity index (χ4n) is 4.30. The van der Waals surface area contributed by atoms with Gasteiger partial charge in [0.05, 0.1) is 30.9 Å². The molecule has 0 spiro atoms. The van der Waals surface area contributed by atoms with E-state index in [-0.39, 0.29) is 16.5 Å². The van der Waals surface area contributed by atoms with Crippen LogP contribution in [0.5, 0.6) is 5.88 Å². The number of hydrogen-bond donors (Lipinski definition) is 2. The topological polar surface area (TPSA) is 148 Å². The summed E-state index contributed by atoms with van der Waals surface area (Å²) >= 11 is 0. The Hall–Kier alpha value is -4.62. The lowest BCUT2D eigenvalue weighted by molar-refractivity contribution is 0.122. The summed E-state index contributed by atoms with van der Waals surface area (Å²) in [5.41, 5.74) is 3.57. The van der Waals surface area contributed by atoms with Gasteiger partial charge in [-0.25, -0.2) is 28.4 Å². The van der Waals surface area contributed by atoms with E-state index in [4.69, 9.17) is 9.47 Å². The minimum atomic E-state index is -3.85. The summed E-state index contributed by atoms with van der Waals surface area (Å²) in [6.45, 7) is 2.80. The zero-order chi connectivity index (χ0) is 26.8. The SMILES string of the molecule is COc1ncc(-c2cnc3n[nH]c(-c4cnc(N5CCOCC5)nc4)c3c2)cc1NS(=O)(=O)c1ccccc1. The van der Waals surface area contributed by atoms with E-state index < -0.39 is 10.0 Å². The molecule has 0 bridgehead atoms. The van der Waals surface area contributed by atoms with Crippen LogP contribution in [-0.2, 0) is 14.8 Å². The third-order valence-electron chi connectivity index (χ3n) is 6.31. The fourth-order valence-corrected chi connectivity index (χ4v) is 5.37. The number of hydrogen-bond acceptors (Lipinski definition) is 10. The maximum absolute atomic E-state index is 12.9. The molecule has 0 amide bonds. The van der Waals surface area contributed by atoms with Crippen molar-refractivity contribution < 1.29 is 17.9 Å². The van der Waals surface area contributed by atoms with Crippen molar-refractivity contribution in [1.82, 2.24) is 30.1 Å². The van der Waals surface area contributed by atoms with Gasteiger partial charge in [-0.1, -0.05) is 18.2 Å². The van der Waals surface area contributed by atoms with Gasteiger partial charge in [-0.2, -0.15) is 5.10 Å². The number of aromatic amines is 1. The Morgan fingerprint density at radius 1 is 0.923 bits per heavy atom. The zero-order valence-corrected chi connectivity index (χ0v) is 21.7. The Bertz CT molecular complexity index is 1720. The number of nitrogens with zero attached hydrogens (tertiary/aromatic N) is 6. The van der Waals surface area contributed by atoms with Gasteiger partial charge in [0.25, 0.3) is 10.0 Å². The number of nitrogens with one attached hydrogen (secondary N) is 2. The average Bonchev–Trinajstić information content (AvgIpc) is 3.41. The van der Waals surface area contributed by atoms with Crippen LogP contribution in [0.4, 0.5) is 11.6 Å². The van der Waals surface area contributed by atoms with E-state index in [2.05, 4.69) is 39.8 Å². The molecule has 12 nitrogen and oxygen atoms in total. The first-order chi connectivity index (χ1) is 19.0. The van der Waals surface area contributed by atoms with Crippen LogP contribution in [0.3, 0.4) is 0 Å². The predicted octanol–water partition coefficient (Wildman–Crippen LogP) is 3.12. The molecule has 1 fully saturated rings. The van der Waals surface area contributed by atoms with Crippen LogP contribution in [0.2, 0.25) is 0 Å². The number of rotatable bonds is 7. The van der Waals surface area contributed by atoms with Crippen molar-refractivity contribution in [3.63, 3.8) is 0 Å². The number of fused-ring (bicyclic) bond motifs is 1. The Morgan fingerprint density at radius 2 is 1.62 bits per heavy atom. The number of aromatic nitrogens is 6. The second-order valence-electron chi connectivity index (χ2n) is 8.76. The number of ether oxygens (including phenoxy) is 2. The lowest BCUT2D eigenvalue weighted by Gasteiger charge is -2.26. The zero-order valence-electron chi connectivity index (χ0n) is 20.9. The normalized spacial score (nSPS) is 13.9. The number of H-pyrrole nitrogens is 1. The fraction of sp³-hybridized carbons (Fsp3) is 0.192. The number of sulfonamides is 1. The van der Waals surface area contributed by atoms with Crippen LogP contribution in [-0.4, -0.2) is 72.0 Å². The largest absolute Gasteiger partial charge is 0.480 e. The lowest BCUT2D eigenvalue weighted by atomic mass is 10.1. The van der Waals surface area contributed by atoms with Gasteiger partial charge in [0.1, 0.15) is 5.69 Å². The third-order valence-corrected chi connectivity index (χ3v) is 7.69. The standard InChI is InChI=1S/C26H24N8O4S/c1-37-25-22(33-39(35,36)20-5-3-2-4-6-20)12-18(14-28-25)17-11-21-23(31-32-24(21)27-13-17)19-15-29-26(30-16-19)34-7-9-38-10-8-34/h2-6,11-16,33H,7-10H2,1H3,(H,27,31,32). The Balaban J connectivity index is 1.33. The van der Waals surface area contributed by atoms with Crippen LogP contribution in [0.15, 0.2) is 72.1 Å². The molecule has 0 unspecified atom stereocenters. The molecule has 13 heteroatoms. The molecule has 39 heavy (non-hydrogen) atoms. The van der Waals surface area contributed by atoms with E-state index in [1.807, 2.05) is 6.07 Å². The van der Waals surface area contributed by atoms with Gasteiger partial charge in [-0.15, -0.1) is 0 Å².